The van der Waals surface area contributed by atoms with Gasteiger partial charge in [0.05, 0.1) is 0 Å². The van der Waals surface area contributed by atoms with Crippen LogP contribution in [0.3, 0.4) is 0 Å². The van der Waals surface area contributed by atoms with Gasteiger partial charge < -0.3 is 0 Å². The lowest BCUT2D eigenvalue weighted by atomic mass is 9.74. The number of benzene rings is 1. The Kier molecular flexibility index (Phi) is 5.62. The predicted octanol–water partition coefficient (Wildman–Crippen LogP) is 7.65. The van der Waals surface area contributed by atoms with Crippen molar-refractivity contribution in [2.75, 3.05) is 0 Å². The Labute approximate surface area is 177 Å². The summed E-state index contributed by atoms with van der Waals surface area (Å²) < 4.78 is 0. The summed E-state index contributed by atoms with van der Waals surface area (Å²) >= 11 is 0. The van der Waals surface area contributed by atoms with Gasteiger partial charge >= 0.3 is 0 Å². The van der Waals surface area contributed by atoms with Gasteiger partial charge in [-0.25, -0.2) is 0 Å². The first-order valence-corrected chi connectivity index (χ1v) is 12.1. The molecule has 4 aliphatic carbocycles. The third-order valence-electron chi connectivity index (χ3n) is 8.25. The Morgan fingerprint density at radius 2 is 1.14 bits per heavy atom. The van der Waals surface area contributed by atoms with E-state index in [-0.39, 0.29) is 0 Å². The minimum atomic E-state index is 0.732. The SMILES string of the molecule is CCCCc1ccc(C(C2CC3C=CC=CC3C2)C2CC3C=CC=CC3C2)cc1. The molecule has 0 heteroatoms. The molecule has 0 nitrogen and oxygen atoms in total. The molecule has 5 rings (SSSR count). The average molecular weight is 385 g/mol. The molecule has 0 radical (unpaired) electrons. The van der Waals surface area contributed by atoms with Crippen LogP contribution in [0.5, 0.6) is 0 Å². The van der Waals surface area contributed by atoms with Gasteiger partial charge in [0, 0.05) is 0 Å². The zero-order valence-electron chi connectivity index (χ0n) is 17.9. The second-order valence-corrected chi connectivity index (χ2v) is 10.0. The van der Waals surface area contributed by atoms with E-state index in [0.717, 1.165) is 41.4 Å². The lowest BCUT2D eigenvalue weighted by Gasteiger charge is -2.30. The normalized spacial score (nSPS) is 35.6. The molecule has 2 saturated carbocycles. The summed E-state index contributed by atoms with van der Waals surface area (Å²) in [7, 11) is 0. The van der Waals surface area contributed by atoms with Crippen LogP contribution in [0.25, 0.3) is 0 Å². The van der Waals surface area contributed by atoms with E-state index in [2.05, 4.69) is 79.8 Å². The molecule has 29 heavy (non-hydrogen) atoms. The molecule has 0 aromatic heterocycles. The third-order valence-corrected chi connectivity index (χ3v) is 8.25. The molecule has 0 bridgehead atoms. The molecule has 4 aliphatic rings. The van der Waals surface area contributed by atoms with E-state index in [1.54, 1.807) is 5.56 Å². The van der Waals surface area contributed by atoms with Gasteiger partial charge in [0.2, 0.25) is 0 Å². The highest BCUT2D eigenvalue weighted by Gasteiger charge is 2.43. The topological polar surface area (TPSA) is 0 Å². The molecular weight excluding hydrogens is 348 g/mol. The average Bonchev–Trinajstić information content (AvgIpc) is 3.37. The van der Waals surface area contributed by atoms with E-state index in [4.69, 9.17) is 0 Å². The van der Waals surface area contributed by atoms with Gasteiger partial charge in [0.25, 0.3) is 0 Å². The first-order chi connectivity index (χ1) is 14.3. The highest BCUT2D eigenvalue weighted by molar-refractivity contribution is 5.29. The first kappa shape index (κ1) is 19.2. The Bertz CT molecular complexity index is 721. The molecule has 4 atom stereocenters. The van der Waals surface area contributed by atoms with Crippen molar-refractivity contribution in [3.63, 3.8) is 0 Å². The number of allylic oxidation sites excluding steroid dienone is 8. The van der Waals surface area contributed by atoms with E-state index < -0.39 is 0 Å². The summed E-state index contributed by atoms with van der Waals surface area (Å²) in [6, 6.07) is 9.86. The molecule has 1 aromatic carbocycles. The number of rotatable bonds is 6. The minimum Gasteiger partial charge on any atom is -0.0808 e. The maximum atomic E-state index is 2.50. The standard InChI is InChI=1S/C29H36/c1-2-3-8-21-13-15-22(16-14-21)29(27-17-23-9-4-5-10-24(23)18-27)28-19-25-11-6-7-12-26(25)20-28/h4-7,9-16,23-29H,2-3,8,17-20H2,1H3. The first-order valence-electron chi connectivity index (χ1n) is 12.1. The van der Waals surface area contributed by atoms with Gasteiger partial charge in [-0.3, -0.25) is 0 Å². The lowest BCUT2D eigenvalue weighted by Crippen LogP contribution is -2.19. The smallest absolute Gasteiger partial charge is 0.0104 e. The zero-order chi connectivity index (χ0) is 19.6. The fourth-order valence-electron chi connectivity index (χ4n) is 6.81. The van der Waals surface area contributed by atoms with Crippen LogP contribution in [0, 0.1) is 35.5 Å². The van der Waals surface area contributed by atoms with Gasteiger partial charge in [0.1, 0.15) is 0 Å². The fraction of sp³-hybridized carbons (Fsp3) is 0.517. The molecule has 0 spiro atoms. The second kappa shape index (κ2) is 8.50. The fourth-order valence-corrected chi connectivity index (χ4v) is 6.81. The molecule has 1 aromatic rings. The Balaban J connectivity index is 1.40. The maximum absolute atomic E-state index is 2.50. The minimum absolute atomic E-state index is 0.732. The largest absolute Gasteiger partial charge is 0.0808 e. The van der Waals surface area contributed by atoms with Gasteiger partial charge in [-0.2, -0.15) is 0 Å². The van der Waals surface area contributed by atoms with Crippen LogP contribution in [0.15, 0.2) is 72.9 Å². The summed E-state index contributed by atoms with van der Waals surface area (Å²) in [5.74, 6) is 5.50. The Hall–Kier alpha value is -1.82. The van der Waals surface area contributed by atoms with E-state index in [1.165, 1.54) is 50.5 Å². The van der Waals surface area contributed by atoms with Crippen LogP contribution in [-0.4, -0.2) is 0 Å². The zero-order valence-corrected chi connectivity index (χ0v) is 17.9. The molecule has 152 valence electrons. The highest BCUT2D eigenvalue weighted by Crippen LogP contribution is 2.54. The van der Waals surface area contributed by atoms with Crippen LogP contribution in [-0.2, 0) is 6.42 Å². The number of aryl methyl sites for hydroxylation is 1. The van der Waals surface area contributed by atoms with E-state index in [1.807, 2.05) is 0 Å². The third kappa shape index (κ3) is 3.96. The molecule has 0 aliphatic heterocycles. The van der Waals surface area contributed by atoms with E-state index in [9.17, 15) is 0 Å². The van der Waals surface area contributed by atoms with Crippen molar-refractivity contribution in [3.05, 3.63) is 84.0 Å². The molecule has 2 fully saturated rings. The quantitative estimate of drug-likeness (QED) is 0.472. The van der Waals surface area contributed by atoms with Crippen molar-refractivity contribution < 1.29 is 0 Å². The molecular formula is C29H36. The van der Waals surface area contributed by atoms with Gasteiger partial charge in [-0.1, -0.05) is 86.2 Å². The van der Waals surface area contributed by atoms with Crippen molar-refractivity contribution >= 4 is 0 Å². The Morgan fingerprint density at radius 3 is 1.55 bits per heavy atom. The number of unbranched alkanes of at least 4 members (excludes halogenated alkanes) is 1. The maximum Gasteiger partial charge on any atom is -0.0104 e. The van der Waals surface area contributed by atoms with Crippen LogP contribution < -0.4 is 0 Å². The predicted molar refractivity (Wildman–Crippen MR) is 124 cm³/mol. The van der Waals surface area contributed by atoms with Crippen LogP contribution in [0.2, 0.25) is 0 Å². The number of hydrogen-bond acceptors (Lipinski definition) is 0. The van der Waals surface area contributed by atoms with Crippen molar-refractivity contribution in [1.29, 1.82) is 0 Å². The summed E-state index contributed by atoms with van der Waals surface area (Å²) in [5.41, 5.74) is 3.14. The molecule has 0 heterocycles. The Morgan fingerprint density at radius 1 is 0.690 bits per heavy atom. The molecule has 4 unspecified atom stereocenters. The molecule has 0 N–H and O–H groups in total. The molecule has 0 saturated heterocycles. The van der Waals surface area contributed by atoms with Crippen molar-refractivity contribution in [2.24, 2.45) is 35.5 Å². The molecule has 0 amide bonds. The second-order valence-electron chi connectivity index (χ2n) is 10.0. The van der Waals surface area contributed by atoms with Crippen LogP contribution >= 0.6 is 0 Å². The summed E-state index contributed by atoms with van der Waals surface area (Å²) in [4.78, 5) is 0. The number of fused-ring (bicyclic) bond motifs is 2. The monoisotopic (exact) mass is 384 g/mol. The van der Waals surface area contributed by atoms with Crippen molar-refractivity contribution in [1.82, 2.24) is 0 Å². The van der Waals surface area contributed by atoms with Crippen LogP contribution in [0.1, 0.15) is 62.5 Å². The van der Waals surface area contributed by atoms with E-state index >= 15 is 0 Å². The summed E-state index contributed by atoms with van der Waals surface area (Å²) in [6.07, 6.45) is 28.4. The van der Waals surface area contributed by atoms with Crippen molar-refractivity contribution in [2.45, 2.75) is 57.8 Å². The summed E-state index contributed by atoms with van der Waals surface area (Å²) in [6.45, 7) is 2.29. The highest BCUT2D eigenvalue weighted by atomic mass is 14.5. The van der Waals surface area contributed by atoms with Crippen LogP contribution in [0.4, 0.5) is 0 Å². The lowest BCUT2D eigenvalue weighted by molar-refractivity contribution is 0.304. The van der Waals surface area contributed by atoms with E-state index in [0.29, 0.717) is 0 Å². The van der Waals surface area contributed by atoms with Gasteiger partial charge in [0.15, 0.2) is 0 Å². The van der Waals surface area contributed by atoms with Crippen molar-refractivity contribution in [3.8, 4) is 0 Å². The van der Waals surface area contributed by atoms with Gasteiger partial charge in [-0.05, 0) is 91.1 Å². The summed E-state index contributed by atoms with van der Waals surface area (Å²) in [5, 5.41) is 0. The van der Waals surface area contributed by atoms with Gasteiger partial charge in [-0.15, -0.1) is 0 Å². The number of hydrogen-bond donors (Lipinski definition) is 0.